The Labute approximate surface area is 119 Å². The molecule has 1 amide bonds. The van der Waals surface area contributed by atoms with Gasteiger partial charge in [0.2, 0.25) is 0 Å². The standard InChI is InChI=1S/C13H15BrFNO3/c14-10-1-2-12(11(15)5-10)19-8-13(18)16-4-3-9(6-16)7-17/h1-2,5,9,17H,3-4,6-8H2. The van der Waals surface area contributed by atoms with Gasteiger partial charge >= 0.3 is 0 Å². The Hall–Kier alpha value is -1.14. The molecule has 1 heterocycles. The maximum atomic E-state index is 13.5. The largest absolute Gasteiger partial charge is 0.481 e. The maximum absolute atomic E-state index is 13.5. The van der Waals surface area contributed by atoms with Crippen LogP contribution in [-0.2, 0) is 4.79 Å². The third kappa shape index (κ3) is 3.67. The van der Waals surface area contributed by atoms with Gasteiger partial charge in [-0.15, -0.1) is 0 Å². The van der Waals surface area contributed by atoms with Gasteiger partial charge in [-0.25, -0.2) is 4.39 Å². The number of benzene rings is 1. The number of aliphatic hydroxyl groups excluding tert-OH is 1. The molecule has 2 rings (SSSR count). The Morgan fingerprint density at radius 2 is 2.37 bits per heavy atom. The summed E-state index contributed by atoms with van der Waals surface area (Å²) in [4.78, 5) is 13.5. The van der Waals surface area contributed by atoms with Gasteiger partial charge in [-0.2, -0.15) is 0 Å². The molecule has 0 spiro atoms. The summed E-state index contributed by atoms with van der Waals surface area (Å²) in [6.07, 6.45) is 0.800. The van der Waals surface area contributed by atoms with E-state index >= 15 is 0 Å². The highest BCUT2D eigenvalue weighted by Gasteiger charge is 2.25. The van der Waals surface area contributed by atoms with Gasteiger partial charge in [-0.3, -0.25) is 4.79 Å². The van der Waals surface area contributed by atoms with E-state index in [1.54, 1.807) is 11.0 Å². The molecule has 1 aromatic rings. The van der Waals surface area contributed by atoms with Crippen LogP contribution >= 0.6 is 15.9 Å². The molecule has 1 N–H and O–H groups in total. The van der Waals surface area contributed by atoms with E-state index in [9.17, 15) is 9.18 Å². The number of nitrogens with zero attached hydrogens (tertiary/aromatic N) is 1. The van der Waals surface area contributed by atoms with Crippen molar-refractivity contribution in [2.24, 2.45) is 5.92 Å². The van der Waals surface area contributed by atoms with Crippen LogP contribution in [0.2, 0.25) is 0 Å². The molecule has 0 radical (unpaired) electrons. The molecule has 1 aromatic carbocycles. The first-order valence-electron chi connectivity index (χ1n) is 6.06. The van der Waals surface area contributed by atoms with Crippen molar-refractivity contribution in [3.63, 3.8) is 0 Å². The highest BCUT2D eigenvalue weighted by Crippen LogP contribution is 2.22. The number of amides is 1. The summed E-state index contributed by atoms with van der Waals surface area (Å²) in [5, 5.41) is 9.01. The van der Waals surface area contributed by atoms with Crippen LogP contribution < -0.4 is 4.74 Å². The van der Waals surface area contributed by atoms with E-state index < -0.39 is 5.82 Å². The van der Waals surface area contributed by atoms with Gasteiger partial charge in [0.1, 0.15) is 0 Å². The van der Waals surface area contributed by atoms with E-state index in [-0.39, 0.29) is 30.8 Å². The van der Waals surface area contributed by atoms with Gasteiger partial charge < -0.3 is 14.7 Å². The van der Waals surface area contributed by atoms with Crippen LogP contribution in [0.15, 0.2) is 22.7 Å². The van der Waals surface area contributed by atoms with Crippen molar-refractivity contribution >= 4 is 21.8 Å². The van der Waals surface area contributed by atoms with Crippen molar-refractivity contribution in [2.45, 2.75) is 6.42 Å². The van der Waals surface area contributed by atoms with Crippen molar-refractivity contribution < 1.29 is 19.0 Å². The normalized spacial score (nSPS) is 18.7. The fourth-order valence-electron chi connectivity index (χ4n) is 2.03. The number of rotatable bonds is 4. The van der Waals surface area contributed by atoms with Crippen LogP contribution in [0.1, 0.15) is 6.42 Å². The van der Waals surface area contributed by atoms with Gasteiger partial charge in [-0.05, 0) is 24.6 Å². The SMILES string of the molecule is O=C(COc1ccc(Br)cc1F)N1CCC(CO)C1. The van der Waals surface area contributed by atoms with Crippen molar-refractivity contribution in [3.05, 3.63) is 28.5 Å². The zero-order valence-electron chi connectivity index (χ0n) is 10.3. The zero-order valence-corrected chi connectivity index (χ0v) is 11.9. The molecule has 19 heavy (non-hydrogen) atoms. The first-order chi connectivity index (χ1) is 9.10. The Morgan fingerprint density at radius 3 is 3.00 bits per heavy atom. The molecule has 0 bridgehead atoms. The summed E-state index contributed by atoms with van der Waals surface area (Å²) < 4.78 is 19.3. The highest BCUT2D eigenvalue weighted by molar-refractivity contribution is 9.10. The first-order valence-corrected chi connectivity index (χ1v) is 6.86. The summed E-state index contributed by atoms with van der Waals surface area (Å²) >= 11 is 3.15. The van der Waals surface area contributed by atoms with Gasteiger partial charge in [0.15, 0.2) is 18.2 Å². The Kier molecular flexibility index (Phi) is 4.76. The second-order valence-corrected chi connectivity index (χ2v) is 5.46. The molecule has 1 saturated heterocycles. The van der Waals surface area contributed by atoms with E-state index in [0.717, 1.165) is 6.42 Å². The molecular weight excluding hydrogens is 317 g/mol. The number of aliphatic hydroxyl groups is 1. The molecule has 1 aliphatic rings. The minimum atomic E-state index is -0.503. The number of hydrogen-bond donors (Lipinski definition) is 1. The molecule has 4 nitrogen and oxygen atoms in total. The van der Waals surface area contributed by atoms with Gasteiger partial charge in [-0.1, -0.05) is 15.9 Å². The summed E-state index contributed by atoms with van der Waals surface area (Å²) in [7, 11) is 0. The zero-order chi connectivity index (χ0) is 13.8. The third-order valence-electron chi connectivity index (χ3n) is 3.14. The van der Waals surface area contributed by atoms with Crippen molar-refractivity contribution in [1.82, 2.24) is 4.90 Å². The first kappa shape index (κ1) is 14.3. The number of ether oxygens (including phenoxy) is 1. The number of carbonyl (C=O) groups excluding carboxylic acids is 1. The molecule has 1 unspecified atom stereocenters. The van der Waals surface area contributed by atoms with Gasteiger partial charge in [0, 0.05) is 30.1 Å². The van der Waals surface area contributed by atoms with Crippen LogP contribution in [0.3, 0.4) is 0 Å². The Balaban J connectivity index is 1.87. The lowest BCUT2D eigenvalue weighted by Crippen LogP contribution is -2.33. The van der Waals surface area contributed by atoms with Gasteiger partial charge in [0.25, 0.3) is 5.91 Å². The number of hydrogen-bond acceptors (Lipinski definition) is 3. The van der Waals surface area contributed by atoms with E-state index in [1.807, 2.05) is 0 Å². The summed E-state index contributed by atoms with van der Waals surface area (Å²) in [6.45, 7) is 1.07. The van der Waals surface area contributed by atoms with Crippen molar-refractivity contribution in [2.75, 3.05) is 26.3 Å². The lowest BCUT2D eigenvalue weighted by molar-refractivity contribution is -0.132. The smallest absolute Gasteiger partial charge is 0.260 e. The van der Waals surface area contributed by atoms with Crippen LogP contribution in [0.5, 0.6) is 5.75 Å². The third-order valence-corrected chi connectivity index (χ3v) is 3.64. The predicted octanol–water partition coefficient (Wildman–Crippen LogP) is 1.81. The molecule has 1 fully saturated rings. The average Bonchev–Trinajstić information content (AvgIpc) is 2.86. The second-order valence-electron chi connectivity index (χ2n) is 4.54. The quantitative estimate of drug-likeness (QED) is 0.915. The minimum absolute atomic E-state index is 0.0643. The molecule has 104 valence electrons. The summed E-state index contributed by atoms with van der Waals surface area (Å²) in [5.41, 5.74) is 0. The van der Waals surface area contributed by atoms with Crippen LogP contribution in [0.25, 0.3) is 0 Å². The molecule has 1 atom stereocenters. The number of carbonyl (C=O) groups is 1. The van der Waals surface area contributed by atoms with E-state index in [4.69, 9.17) is 9.84 Å². The Morgan fingerprint density at radius 1 is 1.58 bits per heavy atom. The molecule has 0 aromatic heterocycles. The monoisotopic (exact) mass is 331 g/mol. The van der Waals surface area contributed by atoms with Crippen molar-refractivity contribution in [3.8, 4) is 5.75 Å². The van der Waals surface area contributed by atoms with E-state index in [1.165, 1.54) is 12.1 Å². The predicted molar refractivity (Wildman–Crippen MR) is 71.4 cm³/mol. The lowest BCUT2D eigenvalue weighted by Gasteiger charge is -2.16. The molecule has 0 saturated carbocycles. The number of halogens is 2. The lowest BCUT2D eigenvalue weighted by atomic mass is 10.1. The van der Waals surface area contributed by atoms with Crippen LogP contribution in [0.4, 0.5) is 4.39 Å². The van der Waals surface area contributed by atoms with Crippen LogP contribution in [-0.4, -0.2) is 42.2 Å². The van der Waals surface area contributed by atoms with Crippen LogP contribution in [0, 0.1) is 11.7 Å². The summed E-state index contributed by atoms with van der Waals surface area (Å²) in [5.74, 6) is -0.474. The highest BCUT2D eigenvalue weighted by atomic mass is 79.9. The minimum Gasteiger partial charge on any atom is -0.481 e. The topological polar surface area (TPSA) is 49.8 Å². The van der Waals surface area contributed by atoms with E-state index in [0.29, 0.717) is 17.6 Å². The maximum Gasteiger partial charge on any atom is 0.260 e. The molecule has 1 aliphatic heterocycles. The molecular formula is C13H15BrFNO3. The Bertz CT molecular complexity index is 469. The van der Waals surface area contributed by atoms with Crippen molar-refractivity contribution in [1.29, 1.82) is 0 Å². The average molecular weight is 332 g/mol. The summed E-state index contributed by atoms with van der Waals surface area (Å²) in [6, 6.07) is 4.42. The fraction of sp³-hybridized carbons (Fsp3) is 0.462. The molecule has 6 heteroatoms. The second kappa shape index (κ2) is 6.34. The number of likely N-dealkylation sites (tertiary alicyclic amines) is 1. The van der Waals surface area contributed by atoms with Gasteiger partial charge in [0.05, 0.1) is 0 Å². The van der Waals surface area contributed by atoms with E-state index in [2.05, 4.69) is 15.9 Å². The molecule has 0 aliphatic carbocycles. The fourth-order valence-corrected chi connectivity index (χ4v) is 2.36.